The van der Waals surface area contributed by atoms with Gasteiger partial charge in [-0.25, -0.2) is 9.18 Å². The fraction of sp³-hybridized carbons (Fsp3) is 0.200. The lowest BCUT2D eigenvalue weighted by molar-refractivity contribution is -0.136. The van der Waals surface area contributed by atoms with E-state index in [2.05, 4.69) is 26.8 Å². The van der Waals surface area contributed by atoms with E-state index in [0.717, 1.165) is 16.7 Å². The zero-order valence-electron chi connectivity index (χ0n) is 24.1. The summed E-state index contributed by atoms with van der Waals surface area (Å²) in [5.74, 6) is 0.277. The zero-order valence-corrected chi connectivity index (χ0v) is 24.1. The van der Waals surface area contributed by atoms with Crippen LogP contribution in [-0.4, -0.2) is 12.6 Å². The van der Waals surface area contributed by atoms with Gasteiger partial charge in [0, 0.05) is 11.6 Å². The summed E-state index contributed by atoms with van der Waals surface area (Å²) in [6.07, 6.45) is 0. The van der Waals surface area contributed by atoms with Crippen LogP contribution in [0.2, 0.25) is 0 Å². The highest BCUT2D eigenvalue weighted by Crippen LogP contribution is 2.44. The van der Waals surface area contributed by atoms with Crippen LogP contribution in [0.3, 0.4) is 0 Å². The Hall–Kier alpha value is -5.29. The molecule has 218 valence electrons. The first-order valence-electron chi connectivity index (χ1n) is 13.7. The second kappa shape index (κ2) is 12.3. The fourth-order valence-corrected chi connectivity index (χ4v) is 4.73. The average Bonchev–Trinajstić information content (AvgIpc) is 2.99. The Labute approximate surface area is 249 Å². The van der Waals surface area contributed by atoms with Gasteiger partial charge in [-0.15, -0.1) is 0 Å². The molecule has 8 heteroatoms. The number of esters is 1. The van der Waals surface area contributed by atoms with E-state index in [1.54, 1.807) is 36.4 Å². The zero-order chi connectivity index (χ0) is 30.6. The molecule has 0 fully saturated rings. The summed E-state index contributed by atoms with van der Waals surface area (Å²) >= 11 is 0. The number of carbonyl (C=O) groups is 1. The molecule has 4 aromatic carbocycles. The molecule has 0 radical (unpaired) electrons. The van der Waals surface area contributed by atoms with Crippen molar-refractivity contribution in [3.63, 3.8) is 0 Å². The van der Waals surface area contributed by atoms with E-state index in [-0.39, 0.29) is 41.7 Å². The maximum absolute atomic E-state index is 13.2. The third kappa shape index (κ3) is 6.96. The van der Waals surface area contributed by atoms with Crippen molar-refractivity contribution in [1.82, 2.24) is 0 Å². The van der Waals surface area contributed by atoms with Gasteiger partial charge < -0.3 is 24.7 Å². The monoisotopic (exact) mass is 578 g/mol. The lowest BCUT2D eigenvalue weighted by Crippen LogP contribution is -2.21. The van der Waals surface area contributed by atoms with E-state index in [0.29, 0.717) is 22.8 Å². The molecule has 0 saturated carbocycles. The minimum absolute atomic E-state index is 0.0132. The van der Waals surface area contributed by atoms with E-state index in [4.69, 9.17) is 24.7 Å². The van der Waals surface area contributed by atoms with Crippen molar-refractivity contribution in [1.29, 1.82) is 5.26 Å². The van der Waals surface area contributed by atoms with E-state index in [1.807, 2.05) is 42.5 Å². The van der Waals surface area contributed by atoms with Gasteiger partial charge in [-0.3, -0.25) is 0 Å². The molecule has 7 nitrogen and oxygen atoms in total. The predicted octanol–water partition coefficient (Wildman–Crippen LogP) is 6.90. The second-order valence-corrected chi connectivity index (χ2v) is 11.1. The molecule has 4 aromatic rings. The minimum Gasteiger partial charge on any atom is -0.489 e. The molecule has 1 unspecified atom stereocenters. The Balaban J connectivity index is 1.30. The van der Waals surface area contributed by atoms with Crippen LogP contribution in [0, 0.1) is 17.1 Å². The SMILES string of the molecule is CC(C)(C)c1ccc(OCC(=O)Oc2ccc3c(c2)OC(N)=C(C#N)C3c2cccc(OCc3ccc(F)cc3)c2)cc1. The van der Waals surface area contributed by atoms with Crippen molar-refractivity contribution in [3.05, 3.63) is 131 Å². The van der Waals surface area contributed by atoms with Crippen LogP contribution in [0.5, 0.6) is 23.0 Å². The molecular formula is C35H31FN2O5. The summed E-state index contributed by atoms with van der Waals surface area (Å²) in [4.78, 5) is 12.5. The van der Waals surface area contributed by atoms with E-state index in [1.165, 1.54) is 12.1 Å². The second-order valence-electron chi connectivity index (χ2n) is 11.1. The highest BCUT2D eigenvalue weighted by Gasteiger charge is 2.31. The number of nitrogens with two attached hydrogens (primary N) is 1. The van der Waals surface area contributed by atoms with Crippen LogP contribution >= 0.6 is 0 Å². The quantitative estimate of drug-likeness (QED) is 0.179. The van der Waals surface area contributed by atoms with Crippen LogP contribution in [-0.2, 0) is 16.8 Å². The standard InChI is InChI=1S/C35H31FN2O5/c1-35(2,3)24-9-13-26(14-10-24)41-21-32(39)42-28-15-16-29-31(18-28)43-34(38)30(19-37)33(29)23-5-4-6-27(17-23)40-20-22-7-11-25(36)12-8-22/h4-18,33H,20-21,38H2,1-3H3. The van der Waals surface area contributed by atoms with Crippen molar-refractivity contribution in [2.24, 2.45) is 5.73 Å². The van der Waals surface area contributed by atoms with Gasteiger partial charge in [-0.2, -0.15) is 5.26 Å². The van der Waals surface area contributed by atoms with Gasteiger partial charge >= 0.3 is 5.97 Å². The van der Waals surface area contributed by atoms with Crippen LogP contribution in [0.4, 0.5) is 4.39 Å². The molecular weight excluding hydrogens is 547 g/mol. The molecule has 2 N–H and O–H groups in total. The lowest BCUT2D eigenvalue weighted by Gasteiger charge is -2.27. The molecule has 1 heterocycles. The highest BCUT2D eigenvalue weighted by atomic mass is 19.1. The molecule has 1 aliphatic heterocycles. The predicted molar refractivity (Wildman–Crippen MR) is 159 cm³/mol. The van der Waals surface area contributed by atoms with Crippen LogP contribution < -0.4 is 24.7 Å². The Morgan fingerprint density at radius 3 is 2.35 bits per heavy atom. The third-order valence-electron chi connectivity index (χ3n) is 7.01. The molecule has 43 heavy (non-hydrogen) atoms. The first kappa shape index (κ1) is 29.2. The van der Waals surface area contributed by atoms with Gasteiger partial charge in [0.2, 0.25) is 5.88 Å². The van der Waals surface area contributed by atoms with Crippen molar-refractivity contribution in [3.8, 4) is 29.1 Å². The smallest absolute Gasteiger partial charge is 0.349 e. The molecule has 5 rings (SSSR count). The summed E-state index contributed by atoms with van der Waals surface area (Å²) in [5, 5.41) is 9.93. The Morgan fingerprint density at radius 2 is 1.65 bits per heavy atom. The van der Waals surface area contributed by atoms with Crippen LogP contribution in [0.15, 0.2) is 102 Å². The van der Waals surface area contributed by atoms with Crippen molar-refractivity contribution in [2.75, 3.05) is 6.61 Å². The summed E-state index contributed by atoms with van der Waals surface area (Å²) in [6.45, 7) is 6.34. The van der Waals surface area contributed by atoms with Crippen LogP contribution in [0.1, 0.15) is 48.9 Å². The molecule has 0 aliphatic carbocycles. The van der Waals surface area contributed by atoms with Gasteiger partial charge in [0.25, 0.3) is 0 Å². The number of fused-ring (bicyclic) bond motifs is 1. The van der Waals surface area contributed by atoms with Crippen molar-refractivity contribution >= 4 is 5.97 Å². The van der Waals surface area contributed by atoms with Gasteiger partial charge in [-0.1, -0.05) is 63.2 Å². The maximum Gasteiger partial charge on any atom is 0.349 e. The van der Waals surface area contributed by atoms with Gasteiger partial charge in [0.15, 0.2) is 6.61 Å². The molecule has 0 saturated heterocycles. The molecule has 1 atom stereocenters. The largest absolute Gasteiger partial charge is 0.489 e. The Morgan fingerprint density at radius 1 is 0.930 bits per heavy atom. The lowest BCUT2D eigenvalue weighted by atomic mass is 9.83. The minimum atomic E-state index is -0.584. The number of carbonyl (C=O) groups excluding carboxylic acids is 1. The third-order valence-corrected chi connectivity index (χ3v) is 7.01. The number of halogens is 1. The Kier molecular flexibility index (Phi) is 8.35. The molecule has 0 aromatic heterocycles. The Bertz CT molecular complexity index is 1700. The number of benzene rings is 4. The van der Waals surface area contributed by atoms with E-state index in [9.17, 15) is 14.4 Å². The summed E-state index contributed by atoms with van der Waals surface area (Å²) in [5.41, 5.74) is 9.84. The topological polar surface area (TPSA) is 104 Å². The first-order chi connectivity index (χ1) is 20.6. The van der Waals surface area contributed by atoms with E-state index >= 15 is 0 Å². The normalized spacial score (nSPS) is 14.3. The highest BCUT2D eigenvalue weighted by molar-refractivity contribution is 5.74. The molecule has 0 amide bonds. The number of rotatable bonds is 8. The molecule has 0 spiro atoms. The summed E-state index contributed by atoms with van der Waals surface area (Å²) in [6, 6.07) is 28.1. The van der Waals surface area contributed by atoms with Crippen LogP contribution in [0.25, 0.3) is 0 Å². The summed E-state index contributed by atoms with van der Waals surface area (Å²) < 4.78 is 36.1. The molecule has 0 bridgehead atoms. The number of ether oxygens (including phenoxy) is 4. The van der Waals surface area contributed by atoms with Gasteiger partial charge in [0.1, 0.15) is 47.1 Å². The molecule has 1 aliphatic rings. The van der Waals surface area contributed by atoms with E-state index < -0.39 is 11.9 Å². The maximum atomic E-state index is 13.2. The van der Waals surface area contributed by atoms with Crippen molar-refractivity contribution in [2.45, 2.75) is 38.7 Å². The number of allylic oxidation sites excluding steroid dienone is 1. The van der Waals surface area contributed by atoms with Gasteiger partial charge in [0.05, 0.1) is 5.92 Å². The fourth-order valence-electron chi connectivity index (χ4n) is 4.73. The average molecular weight is 579 g/mol. The number of hydrogen-bond acceptors (Lipinski definition) is 7. The van der Waals surface area contributed by atoms with Crippen molar-refractivity contribution < 1.29 is 28.1 Å². The first-order valence-corrected chi connectivity index (χ1v) is 13.7. The summed E-state index contributed by atoms with van der Waals surface area (Å²) in [7, 11) is 0. The number of nitrogens with zero attached hydrogens (tertiary/aromatic N) is 1. The number of nitriles is 1. The number of hydrogen-bond donors (Lipinski definition) is 1. The van der Waals surface area contributed by atoms with Gasteiger partial charge in [-0.05, 0) is 64.6 Å².